The van der Waals surface area contributed by atoms with Gasteiger partial charge >= 0.3 is 6.03 Å². The molecular weight excluding hydrogens is 192 g/mol. The first-order valence-electron chi connectivity index (χ1n) is 4.60. The van der Waals surface area contributed by atoms with E-state index in [9.17, 15) is 4.79 Å². The van der Waals surface area contributed by atoms with Crippen molar-refractivity contribution in [2.75, 3.05) is 25.6 Å². The molecule has 0 bridgehead atoms. The van der Waals surface area contributed by atoms with Crippen LogP contribution in [0.2, 0.25) is 0 Å². The van der Waals surface area contributed by atoms with Crippen LogP contribution in [0.4, 0.5) is 16.2 Å². The second-order valence-corrected chi connectivity index (χ2v) is 3.47. The fourth-order valence-electron chi connectivity index (χ4n) is 1.12. The van der Waals surface area contributed by atoms with E-state index in [2.05, 4.69) is 5.32 Å². The summed E-state index contributed by atoms with van der Waals surface area (Å²) in [5.74, 6) is 0. The summed E-state index contributed by atoms with van der Waals surface area (Å²) >= 11 is 0. The number of carbonyl (C=O) groups is 1. The van der Waals surface area contributed by atoms with Gasteiger partial charge < -0.3 is 21.7 Å². The lowest BCUT2D eigenvalue weighted by Crippen LogP contribution is -2.34. The van der Waals surface area contributed by atoms with Gasteiger partial charge in [0.15, 0.2) is 0 Å². The molecule has 1 aromatic rings. The quantitative estimate of drug-likeness (QED) is 0.623. The number of rotatable bonds is 2. The Bertz CT molecular complexity index is 362. The molecule has 1 aromatic carbocycles. The first kappa shape index (κ1) is 11.2. The third-order valence-electron chi connectivity index (χ3n) is 2.07. The molecule has 0 aliphatic carbocycles. The lowest BCUT2D eigenvalue weighted by atomic mass is 10.1. The van der Waals surface area contributed by atoms with Gasteiger partial charge in [-0.3, -0.25) is 0 Å². The summed E-state index contributed by atoms with van der Waals surface area (Å²) in [7, 11) is 3.36. The Morgan fingerprint density at radius 1 is 1.40 bits per heavy atom. The van der Waals surface area contributed by atoms with Crippen molar-refractivity contribution >= 4 is 17.4 Å². The largest absolute Gasteiger partial charge is 0.397 e. The molecule has 15 heavy (non-hydrogen) atoms. The molecule has 0 saturated heterocycles. The van der Waals surface area contributed by atoms with Crippen LogP contribution >= 0.6 is 0 Å². The van der Waals surface area contributed by atoms with Crippen molar-refractivity contribution in [3.63, 3.8) is 0 Å². The van der Waals surface area contributed by atoms with Crippen molar-refractivity contribution in [3.8, 4) is 0 Å². The molecule has 0 heterocycles. The Hall–Kier alpha value is -1.91. The average molecular weight is 208 g/mol. The normalized spacial score (nSPS) is 9.73. The van der Waals surface area contributed by atoms with Crippen LogP contribution in [0.5, 0.6) is 0 Å². The van der Waals surface area contributed by atoms with Gasteiger partial charge in [0.2, 0.25) is 0 Å². The monoisotopic (exact) mass is 208 g/mol. The number of anilines is 2. The maximum Gasteiger partial charge on any atom is 0.317 e. The zero-order valence-corrected chi connectivity index (χ0v) is 8.95. The number of urea groups is 1. The third kappa shape index (κ3) is 2.77. The number of nitrogens with two attached hydrogens (primary N) is 2. The number of nitrogens with one attached hydrogen (secondary N) is 1. The molecule has 0 atom stereocenters. The van der Waals surface area contributed by atoms with Crippen molar-refractivity contribution in [3.05, 3.63) is 23.8 Å². The summed E-state index contributed by atoms with van der Waals surface area (Å²) in [5, 5.41) is 2.72. The van der Waals surface area contributed by atoms with E-state index in [1.807, 2.05) is 12.1 Å². The fraction of sp³-hybridized carbons (Fsp3) is 0.300. The van der Waals surface area contributed by atoms with Crippen molar-refractivity contribution in [2.45, 2.75) is 6.54 Å². The van der Waals surface area contributed by atoms with E-state index >= 15 is 0 Å². The molecule has 82 valence electrons. The zero-order valence-electron chi connectivity index (χ0n) is 8.95. The van der Waals surface area contributed by atoms with Gasteiger partial charge in [-0.15, -0.1) is 0 Å². The smallest absolute Gasteiger partial charge is 0.317 e. The Labute approximate surface area is 89.0 Å². The summed E-state index contributed by atoms with van der Waals surface area (Å²) in [6, 6.07) is 5.22. The summed E-state index contributed by atoms with van der Waals surface area (Å²) in [4.78, 5) is 12.7. The fourth-order valence-corrected chi connectivity index (χ4v) is 1.12. The van der Waals surface area contributed by atoms with E-state index in [0.29, 0.717) is 17.9 Å². The molecule has 0 aromatic heterocycles. The third-order valence-corrected chi connectivity index (χ3v) is 2.07. The Morgan fingerprint density at radius 3 is 2.67 bits per heavy atom. The van der Waals surface area contributed by atoms with Crippen molar-refractivity contribution in [1.82, 2.24) is 10.2 Å². The van der Waals surface area contributed by atoms with Crippen LogP contribution in [0, 0.1) is 0 Å². The lowest BCUT2D eigenvalue weighted by Gasteiger charge is -2.13. The maximum atomic E-state index is 11.3. The zero-order chi connectivity index (χ0) is 11.4. The van der Waals surface area contributed by atoms with E-state index in [4.69, 9.17) is 11.5 Å². The van der Waals surface area contributed by atoms with Gasteiger partial charge in [0.05, 0.1) is 11.4 Å². The Morgan fingerprint density at radius 2 is 2.07 bits per heavy atom. The first-order chi connectivity index (χ1) is 7.02. The predicted octanol–water partition coefficient (Wildman–Crippen LogP) is 0.622. The van der Waals surface area contributed by atoms with Gasteiger partial charge in [-0.05, 0) is 11.6 Å². The molecule has 0 spiro atoms. The standard InChI is InChI=1S/C10H16N4O/c1-14(2)10(15)13-6-7-4-3-5-8(11)9(7)12/h3-5H,6,11-12H2,1-2H3,(H,13,15). The molecule has 0 fully saturated rings. The minimum Gasteiger partial charge on any atom is -0.397 e. The van der Waals surface area contributed by atoms with Gasteiger partial charge in [0.25, 0.3) is 0 Å². The second kappa shape index (κ2) is 4.54. The molecule has 0 saturated carbocycles. The molecule has 0 aliphatic heterocycles. The molecule has 0 radical (unpaired) electrons. The summed E-state index contributed by atoms with van der Waals surface area (Å²) in [5.41, 5.74) is 13.3. The highest BCUT2D eigenvalue weighted by Crippen LogP contribution is 2.18. The van der Waals surface area contributed by atoms with Crippen LogP contribution in [0.3, 0.4) is 0 Å². The Balaban J connectivity index is 2.66. The van der Waals surface area contributed by atoms with E-state index in [0.717, 1.165) is 5.56 Å². The highest BCUT2D eigenvalue weighted by Gasteiger charge is 2.05. The van der Waals surface area contributed by atoms with E-state index < -0.39 is 0 Å². The minimum absolute atomic E-state index is 0.156. The van der Waals surface area contributed by atoms with E-state index in [1.54, 1.807) is 20.2 Å². The highest BCUT2D eigenvalue weighted by molar-refractivity contribution is 5.74. The molecule has 2 amide bonds. The first-order valence-corrected chi connectivity index (χ1v) is 4.60. The highest BCUT2D eigenvalue weighted by atomic mass is 16.2. The minimum atomic E-state index is -0.156. The van der Waals surface area contributed by atoms with Gasteiger partial charge in [-0.2, -0.15) is 0 Å². The van der Waals surface area contributed by atoms with E-state index in [-0.39, 0.29) is 6.03 Å². The SMILES string of the molecule is CN(C)C(=O)NCc1cccc(N)c1N. The topological polar surface area (TPSA) is 84.4 Å². The predicted molar refractivity (Wildman–Crippen MR) is 61.2 cm³/mol. The number of benzene rings is 1. The molecular formula is C10H16N4O. The maximum absolute atomic E-state index is 11.3. The summed E-state index contributed by atoms with van der Waals surface area (Å²) in [6.45, 7) is 0.383. The van der Waals surface area contributed by atoms with Gasteiger partial charge in [-0.25, -0.2) is 4.79 Å². The van der Waals surface area contributed by atoms with Gasteiger partial charge in [-0.1, -0.05) is 12.1 Å². The molecule has 5 nitrogen and oxygen atoms in total. The Kier molecular flexibility index (Phi) is 3.38. The molecule has 0 aliphatic rings. The van der Waals surface area contributed by atoms with Crippen LogP contribution in [-0.2, 0) is 6.54 Å². The summed E-state index contributed by atoms with van der Waals surface area (Å²) in [6.07, 6.45) is 0. The average Bonchev–Trinajstić information content (AvgIpc) is 2.19. The van der Waals surface area contributed by atoms with Crippen molar-refractivity contribution in [2.24, 2.45) is 0 Å². The summed E-state index contributed by atoms with van der Waals surface area (Å²) < 4.78 is 0. The van der Waals surface area contributed by atoms with E-state index in [1.165, 1.54) is 4.90 Å². The van der Waals surface area contributed by atoms with Crippen molar-refractivity contribution in [1.29, 1.82) is 0 Å². The molecule has 5 N–H and O–H groups in total. The molecule has 5 heteroatoms. The number of hydrogen-bond donors (Lipinski definition) is 3. The van der Waals surface area contributed by atoms with Crippen molar-refractivity contribution < 1.29 is 4.79 Å². The van der Waals surface area contributed by atoms with Crippen LogP contribution in [0.1, 0.15) is 5.56 Å². The van der Waals surface area contributed by atoms with Gasteiger partial charge in [0.1, 0.15) is 0 Å². The number of amides is 2. The number of para-hydroxylation sites is 1. The van der Waals surface area contributed by atoms with Gasteiger partial charge in [0, 0.05) is 20.6 Å². The number of carbonyl (C=O) groups excluding carboxylic acids is 1. The van der Waals surface area contributed by atoms with Crippen LogP contribution < -0.4 is 16.8 Å². The number of nitrogens with zero attached hydrogens (tertiary/aromatic N) is 1. The van der Waals surface area contributed by atoms with Crippen LogP contribution in [0.15, 0.2) is 18.2 Å². The number of hydrogen-bond acceptors (Lipinski definition) is 3. The molecule has 0 unspecified atom stereocenters. The number of nitrogen functional groups attached to an aromatic ring is 2. The molecule has 1 rings (SSSR count). The second-order valence-electron chi connectivity index (χ2n) is 3.47. The lowest BCUT2D eigenvalue weighted by molar-refractivity contribution is 0.217. The van der Waals surface area contributed by atoms with Crippen LogP contribution in [-0.4, -0.2) is 25.0 Å². The van der Waals surface area contributed by atoms with Crippen LogP contribution in [0.25, 0.3) is 0 Å².